The van der Waals surface area contributed by atoms with Crippen LogP contribution < -0.4 is 4.74 Å². The van der Waals surface area contributed by atoms with Gasteiger partial charge in [-0.1, -0.05) is 17.7 Å². The number of benzene rings is 2. The molecule has 0 saturated heterocycles. The molecule has 0 saturated carbocycles. The first-order chi connectivity index (χ1) is 9.77. The minimum absolute atomic E-state index is 0.186. The molecule has 0 aliphatic heterocycles. The van der Waals surface area contributed by atoms with E-state index in [1.807, 2.05) is 0 Å². The van der Waals surface area contributed by atoms with Crippen LogP contribution in [0, 0.1) is 10.1 Å². The van der Waals surface area contributed by atoms with Gasteiger partial charge < -0.3 is 4.74 Å². The second-order valence-corrected chi connectivity index (χ2v) is 4.43. The normalized spacial score (nSPS) is 11.2. The lowest BCUT2D eigenvalue weighted by Crippen LogP contribution is -2.06. The van der Waals surface area contributed by atoms with Gasteiger partial charge in [0.15, 0.2) is 0 Å². The number of hydrogen-bond donors (Lipinski definition) is 0. The van der Waals surface area contributed by atoms with E-state index in [1.165, 1.54) is 12.1 Å². The highest BCUT2D eigenvalue weighted by Gasteiger charge is 2.33. The quantitative estimate of drug-likeness (QED) is 0.587. The minimum Gasteiger partial charge on any atom is -0.450 e. The Morgan fingerprint density at radius 2 is 1.86 bits per heavy atom. The van der Waals surface area contributed by atoms with E-state index >= 15 is 0 Å². The summed E-state index contributed by atoms with van der Waals surface area (Å²) in [6.45, 7) is 0. The van der Waals surface area contributed by atoms with Crippen molar-refractivity contribution in [3.63, 3.8) is 0 Å². The third kappa shape index (κ3) is 3.63. The van der Waals surface area contributed by atoms with E-state index in [0.717, 1.165) is 6.07 Å². The van der Waals surface area contributed by atoms with E-state index in [1.54, 1.807) is 12.1 Å². The van der Waals surface area contributed by atoms with Gasteiger partial charge in [-0.2, -0.15) is 13.2 Å². The fourth-order valence-electron chi connectivity index (χ4n) is 1.58. The Bertz CT molecular complexity index is 689. The molecule has 2 aromatic rings. The largest absolute Gasteiger partial charge is 0.450 e. The van der Waals surface area contributed by atoms with E-state index in [2.05, 4.69) is 0 Å². The molecule has 0 spiro atoms. The first-order valence-electron chi connectivity index (χ1n) is 5.56. The van der Waals surface area contributed by atoms with Crippen LogP contribution in [0.1, 0.15) is 5.56 Å². The number of nitro benzene ring substituents is 1. The third-order valence-electron chi connectivity index (χ3n) is 2.51. The lowest BCUT2D eigenvalue weighted by molar-refractivity contribution is -0.385. The highest BCUT2D eigenvalue weighted by Crippen LogP contribution is 2.38. The molecule has 21 heavy (non-hydrogen) atoms. The Kier molecular flexibility index (Phi) is 4.04. The number of hydrogen-bond acceptors (Lipinski definition) is 3. The predicted octanol–water partition coefficient (Wildman–Crippen LogP) is 5.06. The summed E-state index contributed by atoms with van der Waals surface area (Å²) in [7, 11) is 0. The van der Waals surface area contributed by atoms with Gasteiger partial charge in [-0.25, -0.2) is 0 Å². The monoisotopic (exact) mass is 317 g/mol. The SMILES string of the molecule is O=[N+]([O-])c1cc(C(F)(F)F)ccc1Oc1cccc(Cl)c1. The van der Waals surface area contributed by atoms with Gasteiger partial charge in [-0.3, -0.25) is 10.1 Å². The van der Waals surface area contributed by atoms with Crippen LogP contribution >= 0.6 is 11.6 Å². The maximum Gasteiger partial charge on any atom is 0.416 e. The van der Waals surface area contributed by atoms with Crippen molar-refractivity contribution in [2.45, 2.75) is 6.18 Å². The minimum atomic E-state index is -4.67. The standard InChI is InChI=1S/C13H7ClF3NO3/c14-9-2-1-3-10(7-9)21-12-5-4-8(13(15,16)17)6-11(12)18(19)20/h1-7H. The van der Waals surface area contributed by atoms with Gasteiger partial charge in [0.2, 0.25) is 5.75 Å². The molecule has 0 atom stereocenters. The molecule has 2 aromatic carbocycles. The number of alkyl halides is 3. The molecule has 0 radical (unpaired) electrons. The molecular weight excluding hydrogens is 311 g/mol. The van der Waals surface area contributed by atoms with E-state index in [4.69, 9.17) is 16.3 Å². The average Bonchev–Trinajstić information content (AvgIpc) is 2.37. The first-order valence-corrected chi connectivity index (χ1v) is 5.94. The summed E-state index contributed by atoms with van der Waals surface area (Å²) in [5, 5.41) is 11.2. The lowest BCUT2D eigenvalue weighted by atomic mass is 10.2. The average molecular weight is 318 g/mol. The van der Waals surface area contributed by atoms with E-state index in [0.29, 0.717) is 17.2 Å². The highest BCUT2D eigenvalue weighted by molar-refractivity contribution is 6.30. The molecule has 4 nitrogen and oxygen atoms in total. The number of rotatable bonds is 3. The highest BCUT2D eigenvalue weighted by atomic mass is 35.5. The van der Waals surface area contributed by atoms with Crippen molar-refractivity contribution >= 4 is 17.3 Å². The Labute approximate surface area is 121 Å². The van der Waals surface area contributed by atoms with E-state index < -0.39 is 22.4 Å². The Hall–Kier alpha value is -2.28. The summed E-state index contributed by atoms with van der Waals surface area (Å²) in [5.41, 5.74) is -1.89. The summed E-state index contributed by atoms with van der Waals surface area (Å²) >= 11 is 5.74. The molecular formula is C13H7ClF3NO3. The van der Waals surface area contributed by atoms with Crippen molar-refractivity contribution in [2.75, 3.05) is 0 Å². The molecule has 0 heterocycles. The zero-order chi connectivity index (χ0) is 15.6. The van der Waals surface area contributed by atoms with Gasteiger partial charge in [0, 0.05) is 11.1 Å². The fourth-order valence-corrected chi connectivity index (χ4v) is 1.76. The number of halogens is 4. The Morgan fingerprint density at radius 3 is 2.43 bits per heavy atom. The van der Waals surface area contributed by atoms with Crippen molar-refractivity contribution in [2.24, 2.45) is 0 Å². The van der Waals surface area contributed by atoms with Crippen molar-refractivity contribution in [1.29, 1.82) is 0 Å². The summed E-state index contributed by atoms with van der Waals surface area (Å²) < 4.78 is 42.9. The van der Waals surface area contributed by atoms with Crippen LogP contribution in [-0.4, -0.2) is 4.92 Å². The molecule has 0 unspecified atom stereocenters. The van der Waals surface area contributed by atoms with Gasteiger partial charge in [0.25, 0.3) is 0 Å². The second kappa shape index (κ2) is 5.61. The molecule has 0 aliphatic carbocycles. The Balaban J connectivity index is 2.42. The van der Waals surface area contributed by atoms with Crippen LogP contribution in [0.15, 0.2) is 42.5 Å². The molecule has 0 aliphatic rings. The molecule has 0 amide bonds. The zero-order valence-corrected chi connectivity index (χ0v) is 11.0. The third-order valence-corrected chi connectivity index (χ3v) is 2.74. The van der Waals surface area contributed by atoms with Crippen molar-refractivity contribution < 1.29 is 22.8 Å². The van der Waals surface area contributed by atoms with Crippen LogP contribution in [-0.2, 0) is 6.18 Å². The molecule has 0 bridgehead atoms. The Morgan fingerprint density at radius 1 is 1.14 bits per heavy atom. The molecule has 0 N–H and O–H groups in total. The summed E-state index contributed by atoms with van der Waals surface area (Å²) in [5.74, 6) is -0.111. The first kappa shape index (κ1) is 15.1. The zero-order valence-electron chi connectivity index (χ0n) is 10.2. The van der Waals surface area contributed by atoms with Crippen molar-refractivity contribution in [3.05, 3.63) is 63.2 Å². The maximum absolute atomic E-state index is 12.6. The van der Waals surface area contributed by atoms with Gasteiger partial charge in [0.1, 0.15) is 5.75 Å². The summed E-state index contributed by atoms with van der Waals surface area (Å²) in [4.78, 5) is 9.95. The maximum atomic E-state index is 12.6. The van der Waals surface area contributed by atoms with Crippen LogP contribution in [0.5, 0.6) is 11.5 Å². The molecule has 0 fully saturated rings. The van der Waals surface area contributed by atoms with Crippen molar-refractivity contribution in [1.82, 2.24) is 0 Å². The van der Waals surface area contributed by atoms with Gasteiger partial charge in [0.05, 0.1) is 10.5 Å². The second-order valence-electron chi connectivity index (χ2n) is 4.00. The van der Waals surface area contributed by atoms with Crippen molar-refractivity contribution in [3.8, 4) is 11.5 Å². The molecule has 110 valence electrons. The van der Waals surface area contributed by atoms with Crippen LogP contribution in [0.2, 0.25) is 5.02 Å². The summed E-state index contributed by atoms with van der Waals surface area (Å²) in [6.07, 6.45) is -4.67. The topological polar surface area (TPSA) is 52.4 Å². The predicted molar refractivity (Wildman–Crippen MR) is 69.6 cm³/mol. The lowest BCUT2D eigenvalue weighted by Gasteiger charge is -2.10. The summed E-state index contributed by atoms with van der Waals surface area (Å²) in [6, 6.07) is 8.04. The van der Waals surface area contributed by atoms with Gasteiger partial charge >= 0.3 is 11.9 Å². The number of nitro groups is 1. The van der Waals surface area contributed by atoms with Gasteiger partial charge in [-0.05, 0) is 30.3 Å². The van der Waals surface area contributed by atoms with Crippen LogP contribution in [0.25, 0.3) is 0 Å². The van der Waals surface area contributed by atoms with E-state index in [-0.39, 0.29) is 11.5 Å². The molecule has 2 rings (SSSR count). The van der Waals surface area contributed by atoms with Crippen LogP contribution in [0.4, 0.5) is 18.9 Å². The number of nitrogens with zero attached hydrogens (tertiary/aromatic N) is 1. The van der Waals surface area contributed by atoms with Gasteiger partial charge in [-0.15, -0.1) is 0 Å². The molecule has 8 heteroatoms. The number of ether oxygens (including phenoxy) is 1. The van der Waals surface area contributed by atoms with Crippen LogP contribution in [0.3, 0.4) is 0 Å². The molecule has 0 aromatic heterocycles. The smallest absolute Gasteiger partial charge is 0.416 e. The van der Waals surface area contributed by atoms with E-state index in [9.17, 15) is 23.3 Å². The fraction of sp³-hybridized carbons (Fsp3) is 0.0769.